The Bertz CT molecular complexity index is 1050. The predicted molar refractivity (Wildman–Crippen MR) is 111 cm³/mol. The quantitative estimate of drug-likeness (QED) is 0.714. The van der Waals surface area contributed by atoms with Crippen LogP contribution in [0.15, 0.2) is 47.1 Å². The SMILES string of the molecule is CCOc1ccc(/C=C2\C(=O)N(c3ccc(Cl)c(C(=O)O)c3)N=C2C)cc1OC. The Labute approximate surface area is 172 Å². The van der Waals surface area contributed by atoms with Crippen LogP contribution in [0.3, 0.4) is 0 Å². The van der Waals surface area contributed by atoms with Crippen LogP contribution in [0.5, 0.6) is 11.5 Å². The van der Waals surface area contributed by atoms with Crippen molar-refractivity contribution in [3.63, 3.8) is 0 Å². The van der Waals surface area contributed by atoms with E-state index in [0.717, 1.165) is 10.6 Å². The van der Waals surface area contributed by atoms with E-state index in [1.807, 2.05) is 13.0 Å². The number of carbonyl (C=O) groups excluding carboxylic acids is 1. The Hall–Kier alpha value is -3.32. The highest BCUT2D eigenvalue weighted by Gasteiger charge is 2.29. The highest BCUT2D eigenvalue weighted by atomic mass is 35.5. The summed E-state index contributed by atoms with van der Waals surface area (Å²) in [7, 11) is 1.55. The lowest BCUT2D eigenvalue weighted by Crippen LogP contribution is -2.21. The number of hydrogen-bond acceptors (Lipinski definition) is 5. The van der Waals surface area contributed by atoms with E-state index < -0.39 is 5.97 Å². The number of benzene rings is 2. The third-order valence-electron chi connectivity index (χ3n) is 4.29. The smallest absolute Gasteiger partial charge is 0.337 e. The third-order valence-corrected chi connectivity index (χ3v) is 4.62. The summed E-state index contributed by atoms with van der Waals surface area (Å²) in [5, 5.41) is 14.8. The Morgan fingerprint density at radius 2 is 2.00 bits per heavy atom. The van der Waals surface area contributed by atoms with Gasteiger partial charge >= 0.3 is 5.97 Å². The zero-order valence-electron chi connectivity index (χ0n) is 16.1. The number of carboxylic acids is 1. The first-order chi connectivity index (χ1) is 13.8. The van der Waals surface area contributed by atoms with Gasteiger partial charge in [-0.25, -0.2) is 4.79 Å². The van der Waals surface area contributed by atoms with Crippen molar-refractivity contribution in [2.45, 2.75) is 13.8 Å². The minimum atomic E-state index is -1.18. The fourth-order valence-electron chi connectivity index (χ4n) is 2.88. The topological polar surface area (TPSA) is 88.4 Å². The molecule has 0 bridgehead atoms. The van der Waals surface area contributed by atoms with Gasteiger partial charge in [-0.1, -0.05) is 17.7 Å². The second-order valence-corrected chi connectivity index (χ2v) is 6.58. The van der Waals surface area contributed by atoms with Gasteiger partial charge < -0.3 is 14.6 Å². The number of nitrogens with zero attached hydrogens (tertiary/aromatic N) is 2. The van der Waals surface area contributed by atoms with Crippen molar-refractivity contribution in [1.29, 1.82) is 0 Å². The third kappa shape index (κ3) is 4.09. The molecule has 2 aromatic rings. The van der Waals surface area contributed by atoms with Crippen molar-refractivity contribution in [3.05, 3.63) is 58.1 Å². The number of halogens is 1. The molecule has 0 aromatic heterocycles. The van der Waals surface area contributed by atoms with Gasteiger partial charge in [-0.2, -0.15) is 10.1 Å². The molecule has 1 heterocycles. The number of hydrogen-bond donors (Lipinski definition) is 1. The molecule has 1 aliphatic heterocycles. The van der Waals surface area contributed by atoms with Crippen LogP contribution in [-0.4, -0.2) is 36.4 Å². The number of anilines is 1. The van der Waals surface area contributed by atoms with E-state index in [2.05, 4.69) is 5.10 Å². The van der Waals surface area contributed by atoms with Crippen LogP contribution < -0.4 is 14.5 Å². The summed E-state index contributed by atoms with van der Waals surface area (Å²) in [6, 6.07) is 9.66. The van der Waals surface area contributed by atoms with Gasteiger partial charge in [0.1, 0.15) is 0 Å². The molecule has 0 saturated heterocycles. The molecular weight excluding hydrogens is 396 g/mol. The van der Waals surface area contributed by atoms with Crippen molar-refractivity contribution >= 4 is 41.0 Å². The first-order valence-electron chi connectivity index (χ1n) is 8.81. The molecule has 7 nitrogen and oxygen atoms in total. The van der Waals surface area contributed by atoms with Gasteiger partial charge in [0.25, 0.3) is 5.91 Å². The molecule has 0 saturated carbocycles. The van der Waals surface area contributed by atoms with E-state index >= 15 is 0 Å². The first kappa shape index (κ1) is 20.4. The molecule has 1 N–H and O–H groups in total. The second kappa shape index (κ2) is 8.36. The standard InChI is InChI=1S/C21H19ClN2O5/c1-4-29-18-8-5-13(10-19(18)28-3)9-15-12(2)23-24(20(15)25)14-6-7-17(22)16(11-14)21(26)27/h5-11H,4H2,1-3H3,(H,26,27)/b15-9-. The van der Waals surface area contributed by atoms with E-state index in [1.165, 1.54) is 12.1 Å². The molecule has 0 atom stereocenters. The highest BCUT2D eigenvalue weighted by molar-refractivity contribution is 6.34. The number of methoxy groups -OCH3 is 1. The Morgan fingerprint density at radius 3 is 2.66 bits per heavy atom. The maximum absolute atomic E-state index is 12.9. The lowest BCUT2D eigenvalue weighted by Gasteiger charge is -2.13. The minimum absolute atomic E-state index is 0.0887. The average Bonchev–Trinajstić information content (AvgIpc) is 2.97. The lowest BCUT2D eigenvalue weighted by molar-refractivity contribution is -0.114. The normalized spacial score (nSPS) is 14.9. The van der Waals surface area contributed by atoms with Gasteiger partial charge in [-0.3, -0.25) is 4.79 Å². The van der Waals surface area contributed by atoms with Crippen LogP contribution in [0.1, 0.15) is 29.8 Å². The number of rotatable bonds is 6. The highest BCUT2D eigenvalue weighted by Crippen LogP contribution is 2.31. The molecule has 0 unspecified atom stereocenters. The molecule has 0 radical (unpaired) electrons. The number of amides is 1. The maximum atomic E-state index is 12.9. The molecule has 1 aliphatic rings. The molecule has 150 valence electrons. The molecule has 29 heavy (non-hydrogen) atoms. The molecule has 2 aromatic carbocycles. The molecular formula is C21H19ClN2O5. The van der Waals surface area contributed by atoms with Gasteiger partial charge in [-0.05, 0) is 55.8 Å². The molecule has 0 aliphatic carbocycles. The molecule has 0 fully saturated rings. The Balaban J connectivity index is 1.94. The zero-order valence-corrected chi connectivity index (χ0v) is 16.9. The number of hydrazone groups is 1. The van der Waals surface area contributed by atoms with E-state index in [9.17, 15) is 14.7 Å². The van der Waals surface area contributed by atoms with Crippen molar-refractivity contribution in [2.75, 3.05) is 18.7 Å². The summed E-state index contributed by atoms with van der Waals surface area (Å²) in [6.07, 6.45) is 1.70. The van der Waals surface area contributed by atoms with E-state index in [1.54, 1.807) is 38.3 Å². The molecule has 0 spiro atoms. The molecule has 8 heteroatoms. The second-order valence-electron chi connectivity index (χ2n) is 6.17. The van der Waals surface area contributed by atoms with Crippen LogP contribution in [-0.2, 0) is 4.79 Å². The van der Waals surface area contributed by atoms with E-state index in [-0.39, 0.29) is 16.5 Å². The number of ether oxygens (including phenoxy) is 2. The number of aromatic carboxylic acids is 1. The van der Waals surface area contributed by atoms with E-state index in [4.69, 9.17) is 21.1 Å². The van der Waals surface area contributed by atoms with Crippen molar-refractivity contribution in [3.8, 4) is 11.5 Å². The summed E-state index contributed by atoms with van der Waals surface area (Å²) < 4.78 is 10.9. The van der Waals surface area contributed by atoms with Crippen LogP contribution in [0.4, 0.5) is 5.69 Å². The Morgan fingerprint density at radius 1 is 1.24 bits per heavy atom. The Kier molecular flexibility index (Phi) is 5.89. The molecule has 3 rings (SSSR count). The largest absolute Gasteiger partial charge is 0.493 e. The van der Waals surface area contributed by atoms with Crippen LogP contribution in [0.2, 0.25) is 5.02 Å². The summed E-state index contributed by atoms with van der Waals surface area (Å²) in [5.41, 5.74) is 1.87. The first-order valence-corrected chi connectivity index (χ1v) is 9.19. The van der Waals surface area contributed by atoms with Crippen LogP contribution in [0.25, 0.3) is 6.08 Å². The van der Waals surface area contributed by atoms with Gasteiger partial charge in [-0.15, -0.1) is 0 Å². The van der Waals surface area contributed by atoms with Crippen molar-refractivity contribution in [1.82, 2.24) is 0 Å². The van der Waals surface area contributed by atoms with Crippen molar-refractivity contribution < 1.29 is 24.2 Å². The average molecular weight is 415 g/mol. The number of carbonyl (C=O) groups is 2. The van der Waals surface area contributed by atoms with Crippen molar-refractivity contribution in [2.24, 2.45) is 5.10 Å². The van der Waals surface area contributed by atoms with Gasteiger partial charge in [0.15, 0.2) is 11.5 Å². The predicted octanol–water partition coefficient (Wildman–Crippen LogP) is 4.25. The van der Waals surface area contributed by atoms with E-state index in [0.29, 0.717) is 35.1 Å². The fraction of sp³-hybridized carbons (Fsp3) is 0.190. The maximum Gasteiger partial charge on any atom is 0.337 e. The summed E-state index contributed by atoms with van der Waals surface area (Å²) >= 11 is 5.91. The van der Waals surface area contributed by atoms with Gasteiger partial charge in [0.05, 0.1) is 41.3 Å². The van der Waals surface area contributed by atoms with Crippen LogP contribution >= 0.6 is 11.6 Å². The summed E-state index contributed by atoms with van der Waals surface area (Å²) in [5.74, 6) is -0.373. The van der Waals surface area contributed by atoms with Crippen LogP contribution in [0, 0.1) is 0 Å². The minimum Gasteiger partial charge on any atom is -0.493 e. The zero-order chi connectivity index (χ0) is 21.1. The summed E-state index contributed by atoms with van der Waals surface area (Å²) in [6.45, 7) is 4.10. The molecule has 1 amide bonds. The lowest BCUT2D eigenvalue weighted by atomic mass is 10.1. The van der Waals surface area contributed by atoms with Gasteiger partial charge in [0.2, 0.25) is 0 Å². The number of carboxylic acid groups (broad SMARTS) is 1. The monoisotopic (exact) mass is 414 g/mol. The summed E-state index contributed by atoms with van der Waals surface area (Å²) in [4.78, 5) is 24.2. The fourth-order valence-corrected chi connectivity index (χ4v) is 3.08. The van der Waals surface area contributed by atoms with Gasteiger partial charge in [0, 0.05) is 0 Å².